The predicted molar refractivity (Wildman–Crippen MR) is 96.0 cm³/mol. The van der Waals surface area contributed by atoms with Gasteiger partial charge in [0.1, 0.15) is 0 Å². The predicted octanol–water partition coefficient (Wildman–Crippen LogP) is 6.60. The third-order valence-electron chi connectivity index (χ3n) is 3.91. The highest BCUT2D eigenvalue weighted by Gasteiger charge is 2.00. The highest BCUT2D eigenvalue weighted by Crippen LogP contribution is 2.12. The summed E-state index contributed by atoms with van der Waals surface area (Å²) in [5.41, 5.74) is 0. The van der Waals surface area contributed by atoms with Gasteiger partial charge in [0.25, 0.3) is 0 Å². The van der Waals surface area contributed by atoms with E-state index in [0.717, 1.165) is 18.8 Å². The zero-order valence-corrected chi connectivity index (χ0v) is 14.7. The molecule has 0 aliphatic heterocycles. The lowest BCUT2D eigenvalue weighted by atomic mass is 10.0. The van der Waals surface area contributed by atoms with E-state index in [9.17, 15) is 0 Å². The Morgan fingerprint density at radius 2 is 1.43 bits per heavy atom. The molecule has 1 atom stereocenters. The van der Waals surface area contributed by atoms with Gasteiger partial charge in [0.2, 0.25) is 0 Å². The summed E-state index contributed by atoms with van der Waals surface area (Å²) >= 11 is 0. The molecular formula is C21H36. The second-order valence-electron chi connectivity index (χ2n) is 6.59. The van der Waals surface area contributed by atoms with Gasteiger partial charge in [-0.2, -0.15) is 0 Å². The summed E-state index contributed by atoms with van der Waals surface area (Å²) in [7, 11) is 0. The molecule has 0 heteroatoms. The largest absolute Gasteiger partial charge is 0.119 e. The Morgan fingerprint density at radius 1 is 0.810 bits per heavy atom. The van der Waals surface area contributed by atoms with Crippen LogP contribution in [0.4, 0.5) is 0 Å². The summed E-state index contributed by atoms with van der Waals surface area (Å²) in [5.74, 6) is 10.4. The Hall–Kier alpha value is -0.880. The Morgan fingerprint density at radius 3 is 2.10 bits per heavy atom. The highest BCUT2D eigenvalue weighted by molar-refractivity contribution is 5.14. The maximum atomic E-state index is 5.58. The fraction of sp³-hybridized carbons (Fsp3) is 0.810. The average molecular weight is 289 g/mol. The van der Waals surface area contributed by atoms with Crippen molar-refractivity contribution in [1.29, 1.82) is 0 Å². The number of rotatable bonds is 12. The smallest absolute Gasteiger partial charge is 0.0808 e. The summed E-state index contributed by atoms with van der Waals surface area (Å²) in [6.07, 6.45) is 20.9. The Kier molecular flexibility index (Phi) is 14.9. The summed E-state index contributed by atoms with van der Waals surface area (Å²) in [6, 6.07) is 0. The van der Waals surface area contributed by atoms with E-state index in [1.54, 1.807) is 0 Å². The molecule has 0 nitrogen and oxygen atoms in total. The first-order valence-electron chi connectivity index (χ1n) is 9.15. The van der Waals surface area contributed by atoms with E-state index in [1.165, 1.54) is 64.2 Å². The summed E-state index contributed by atoms with van der Waals surface area (Å²) in [5, 5.41) is 0. The molecule has 0 aliphatic rings. The Labute approximate surface area is 134 Å². The highest BCUT2D eigenvalue weighted by atomic mass is 14.0. The number of hydrogen-bond acceptors (Lipinski definition) is 0. The molecule has 0 saturated carbocycles. The van der Waals surface area contributed by atoms with Crippen molar-refractivity contribution < 1.29 is 0 Å². The summed E-state index contributed by atoms with van der Waals surface area (Å²) in [4.78, 5) is 0. The molecule has 0 spiro atoms. The molecule has 0 bridgehead atoms. The zero-order chi connectivity index (χ0) is 15.8. The van der Waals surface area contributed by atoms with Gasteiger partial charge in [0, 0.05) is 6.42 Å². The molecule has 0 aromatic carbocycles. The average Bonchev–Trinajstić information content (AvgIpc) is 2.47. The van der Waals surface area contributed by atoms with Gasteiger partial charge in [-0.25, -0.2) is 0 Å². The van der Waals surface area contributed by atoms with E-state index in [1.807, 2.05) is 0 Å². The van der Waals surface area contributed by atoms with Crippen LogP contribution in [0.1, 0.15) is 97.8 Å². The first-order chi connectivity index (χ1) is 10.2. The van der Waals surface area contributed by atoms with Gasteiger partial charge in [0.15, 0.2) is 0 Å². The Bertz CT molecular complexity index is 307. The maximum absolute atomic E-state index is 5.58. The van der Waals surface area contributed by atoms with E-state index in [-0.39, 0.29) is 5.92 Å². The quantitative estimate of drug-likeness (QED) is 0.280. The van der Waals surface area contributed by atoms with Crippen LogP contribution in [-0.4, -0.2) is 0 Å². The van der Waals surface area contributed by atoms with Crippen molar-refractivity contribution in [3.8, 4) is 24.2 Å². The fourth-order valence-corrected chi connectivity index (χ4v) is 2.46. The van der Waals surface area contributed by atoms with Crippen molar-refractivity contribution in [2.24, 2.45) is 11.8 Å². The molecule has 0 heterocycles. The second-order valence-corrected chi connectivity index (χ2v) is 6.59. The standard InChI is InChI=1S/C21H36/c1-5-7-8-9-12-15-18-21(6-2)19-16-13-10-11-14-17-20(3)4/h2,20-21H,5,7-15,17-18H2,1,3-4H3. The van der Waals surface area contributed by atoms with Crippen molar-refractivity contribution in [3.63, 3.8) is 0 Å². The van der Waals surface area contributed by atoms with E-state index in [2.05, 4.69) is 38.5 Å². The van der Waals surface area contributed by atoms with E-state index >= 15 is 0 Å². The van der Waals surface area contributed by atoms with Crippen molar-refractivity contribution in [1.82, 2.24) is 0 Å². The van der Waals surface area contributed by atoms with Crippen molar-refractivity contribution in [3.05, 3.63) is 0 Å². The van der Waals surface area contributed by atoms with Gasteiger partial charge in [-0.3, -0.25) is 0 Å². The first-order valence-corrected chi connectivity index (χ1v) is 9.15. The van der Waals surface area contributed by atoms with Crippen LogP contribution >= 0.6 is 0 Å². The van der Waals surface area contributed by atoms with Crippen LogP contribution in [0.2, 0.25) is 0 Å². The molecule has 0 radical (unpaired) electrons. The molecule has 0 amide bonds. The van der Waals surface area contributed by atoms with Crippen LogP contribution in [0.15, 0.2) is 0 Å². The third-order valence-corrected chi connectivity index (χ3v) is 3.91. The van der Waals surface area contributed by atoms with E-state index in [4.69, 9.17) is 6.42 Å². The van der Waals surface area contributed by atoms with Crippen LogP contribution in [0, 0.1) is 36.0 Å². The lowest BCUT2D eigenvalue weighted by Gasteiger charge is -2.04. The zero-order valence-electron chi connectivity index (χ0n) is 14.7. The first kappa shape index (κ1) is 20.1. The molecule has 0 N–H and O–H groups in total. The molecule has 21 heavy (non-hydrogen) atoms. The topological polar surface area (TPSA) is 0 Å². The molecular weight excluding hydrogens is 252 g/mol. The van der Waals surface area contributed by atoms with Crippen LogP contribution in [0.5, 0.6) is 0 Å². The van der Waals surface area contributed by atoms with Crippen LogP contribution in [0.25, 0.3) is 0 Å². The normalized spacial score (nSPS) is 11.8. The van der Waals surface area contributed by atoms with E-state index in [0.29, 0.717) is 0 Å². The molecule has 0 aromatic rings. The molecule has 0 fully saturated rings. The van der Waals surface area contributed by atoms with Crippen LogP contribution < -0.4 is 0 Å². The molecule has 0 saturated heterocycles. The van der Waals surface area contributed by atoms with Crippen LogP contribution in [0.3, 0.4) is 0 Å². The van der Waals surface area contributed by atoms with E-state index < -0.39 is 0 Å². The second kappa shape index (κ2) is 15.5. The van der Waals surface area contributed by atoms with Crippen molar-refractivity contribution >= 4 is 0 Å². The summed E-state index contributed by atoms with van der Waals surface area (Å²) < 4.78 is 0. The van der Waals surface area contributed by atoms with Crippen LogP contribution in [-0.2, 0) is 0 Å². The third kappa shape index (κ3) is 15.3. The minimum absolute atomic E-state index is 0.187. The molecule has 0 rings (SSSR count). The SMILES string of the molecule is C#CC(C#CCCCCCC(C)C)CCCCCCCC. The van der Waals surface area contributed by atoms with Crippen molar-refractivity contribution in [2.75, 3.05) is 0 Å². The molecule has 120 valence electrons. The fourth-order valence-electron chi connectivity index (χ4n) is 2.46. The van der Waals surface area contributed by atoms with Gasteiger partial charge in [-0.05, 0) is 18.8 Å². The molecule has 1 unspecified atom stereocenters. The summed E-state index contributed by atoms with van der Waals surface area (Å²) in [6.45, 7) is 6.84. The van der Waals surface area contributed by atoms with Gasteiger partial charge in [-0.1, -0.05) is 90.4 Å². The number of terminal acetylenes is 1. The number of unbranched alkanes of at least 4 members (excludes halogenated alkanes) is 8. The minimum Gasteiger partial charge on any atom is -0.119 e. The maximum Gasteiger partial charge on any atom is 0.0808 e. The van der Waals surface area contributed by atoms with Gasteiger partial charge in [-0.15, -0.1) is 12.3 Å². The Balaban J connectivity index is 3.56. The lowest BCUT2D eigenvalue weighted by molar-refractivity contribution is 0.529. The monoisotopic (exact) mass is 288 g/mol. The molecule has 0 aromatic heterocycles. The van der Waals surface area contributed by atoms with Gasteiger partial charge in [0.05, 0.1) is 5.92 Å². The minimum atomic E-state index is 0.187. The van der Waals surface area contributed by atoms with Crippen molar-refractivity contribution in [2.45, 2.75) is 97.8 Å². The van der Waals surface area contributed by atoms with Gasteiger partial charge < -0.3 is 0 Å². The van der Waals surface area contributed by atoms with Gasteiger partial charge >= 0.3 is 0 Å². The number of hydrogen-bond donors (Lipinski definition) is 0. The molecule has 0 aliphatic carbocycles. The lowest BCUT2D eigenvalue weighted by Crippen LogP contribution is -1.93.